The van der Waals surface area contributed by atoms with Crippen LogP contribution in [0.3, 0.4) is 0 Å². The van der Waals surface area contributed by atoms with Crippen LogP contribution in [0.5, 0.6) is 0 Å². The zero-order chi connectivity index (χ0) is 11.4. The average molecular weight is 293 g/mol. The molecule has 0 aliphatic heterocycles. The van der Waals surface area contributed by atoms with E-state index < -0.39 is 0 Å². The number of halogens is 1. The third-order valence-corrected chi connectivity index (χ3v) is 4.06. The zero-order valence-electron chi connectivity index (χ0n) is 9.11. The lowest BCUT2D eigenvalue weighted by Crippen LogP contribution is -1.69. The number of thiophene rings is 1. The van der Waals surface area contributed by atoms with Gasteiger partial charge in [0.1, 0.15) is 0 Å². The summed E-state index contributed by atoms with van der Waals surface area (Å²) in [5.74, 6) is 0. The minimum atomic E-state index is 1.12. The summed E-state index contributed by atoms with van der Waals surface area (Å²) in [6.45, 7) is 2.19. The van der Waals surface area contributed by atoms with Gasteiger partial charge in [0.15, 0.2) is 0 Å². The van der Waals surface area contributed by atoms with Gasteiger partial charge in [0.05, 0.1) is 0 Å². The Morgan fingerprint density at radius 1 is 1.06 bits per heavy atom. The Hall–Kier alpha value is -0.860. The van der Waals surface area contributed by atoms with Crippen molar-refractivity contribution in [2.45, 2.75) is 13.3 Å². The molecule has 0 aliphatic carbocycles. The molecule has 2 rings (SSSR count). The fraction of sp³-hybridized carbons (Fsp3) is 0.143. The van der Waals surface area contributed by atoms with Crippen LogP contribution >= 0.6 is 27.3 Å². The van der Waals surface area contributed by atoms with Gasteiger partial charge in [-0.05, 0) is 42.3 Å². The van der Waals surface area contributed by atoms with Crippen molar-refractivity contribution >= 4 is 39.4 Å². The van der Waals surface area contributed by atoms with Gasteiger partial charge in [-0.2, -0.15) is 0 Å². The van der Waals surface area contributed by atoms with E-state index in [9.17, 15) is 0 Å². The standard InChI is InChI=1S/C14H13BrS/c1-2-13-9-10-14(16-13)8-5-11-3-6-12(15)7-4-11/h3-10H,2H2,1H3/b8-5+. The van der Waals surface area contributed by atoms with Crippen LogP contribution in [-0.4, -0.2) is 0 Å². The van der Waals surface area contributed by atoms with Crippen molar-refractivity contribution < 1.29 is 0 Å². The SMILES string of the molecule is CCc1ccc(/C=C/c2ccc(Br)cc2)s1. The van der Waals surface area contributed by atoms with Gasteiger partial charge in [-0.1, -0.05) is 41.1 Å². The summed E-state index contributed by atoms with van der Waals surface area (Å²) in [6, 6.07) is 12.7. The monoisotopic (exact) mass is 292 g/mol. The van der Waals surface area contributed by atoms with Crippen LogP contribution < -0.4 is 0 Å². The third kappa shape index (κ3) is 3.06. The van der Waals surface area contributed by atoms with E-state index in [0.29, 0.717) is 0 Å². The molecule has 0 N–H and O–H groups in total. The first kappa shape index (κ1) is 11.6. The Morgan fingerprint density at radius 3 is 2.44 bits per heavy atom. The van der Waals surface area contributed by atoms with Crippen molar-refractivity contribution in [2.24, 2.45) is 0 Å². The molecule has 0 fully saturated rings. The Balaban J connectivity index is 2.11. The lowest BCUT2D eigenvalue weighted by molar-refractivity contribution is 1.19. The van der Waals surface area contributed by atoms with Crippen LogP contribution in [0.15, 0.2) is 40.9 Å². The first-order valence-electron chi connectivity index (χ1n) is 5.30. The molecule has 0 unspecified atom stereocenters. The van der Waals surface area contributed by atoms with Gasteiger partial charge in [0.25, 0.3) is 0 Å². The second-order valence-corrected chi connectivity index (χ2v) is 5.66. The normalized spacial score (nSPS) is 11.1. The summed E-state index contributed by atoms with van der Waals surface area (Å²) in [4.78, 5) is 2.76. The maximum absolute atomic E-state index is 3.43. The maximum Gasteiger partial charge on any atom is 0.0273 e. The van der Waals surface area contributed by atoms with E-state index in [1.807, 2.05) is 11.3 Å². The molecule has 2 heteroatoms. The van der Waals surface area contributed by atoms with E-state index in [2.05, 4.69) is 71.4 Å². The largest absolute Gasteiger partial charge is 0.141 e. The summed E-state index contributed by atoms with van der Waals surface area (Å²) >= 11 is 5.29. The van der Waals surface area contributed by atoms with Gasteiger partial charge in [-0.3, -0.25) is 0 Å². The molecule has 82 valence electrons. The Kier molecular flexibility index (Phi) is 3.97. The summed E-state index contributed by atoms with van der Waals surface area (Å²) in [7, 11) is 0. The molecule has 0 saturated carbocycles. The quantitative estimate of drug-likeness (QED) is 0.725. The molecule has 2 aromatic rings. The summed E-state index contributed by atoms with van der Waals surface area (Å²) in [6.07, 6.45) is 5.45. The molecule has 1 heterocycles. The van der Waals surface area contributed by atoms with Crippen molar-refractivity contribution in [2.75, 3.05) is 0 Å². The molecule has 0 atom stereocenters. The second kappa shape index (κ2) is 5.46. The first-order valence-corrected chi connectivity index (χ1v) is 6.91. The van der Waals surface area contributed by atoms with Crippen LogP contribution in [0.1, 0.15) is 22.2 Å². The van der Waals surface area contributed by atoms with Crippen molar-refractivity contribution in [1.29, 1.82) is 0 Å². The van der Waals surface area contributed by atoms with Crippen LogP contribution in [0, 0.1) is 0 Å². The van der Waals surface area contributed by atoms with Crippen molar-refractivity contribution in [1.82, 2.24) is 0 Å². The molecular formula is C14H13BrS. The molecule has 0 saturated heterocycles. The van der Waals surface area contributed by atoms with E-state index in [0.717, 1.165) is 10.9 Å². The summed E-state index contributed by atoms with van der Waals surface area (Å²) in [5, 5.41) is 0. The molecule has 0 aliphatic rings. The number of rotatable bonds is 3. The average Bonchev–Trinajstić information content (AvgIpc) is 2.76. The molecular weight excluding hydrogens is 280 g/mol. The van der Waals surface area contributed by atoms with Gasteiger partial charge in [-0.25, -0.2) is 0 Å². The highest BCUT2D eigenvalue weighted by molar-refractivity contribution is 9.10. The van der Waals surface area contributed by atoms with Gasteiger partial charge < -0.3 is 0 Å². The van der Waals surface area contributed by atoms with Crippen molar-refractivity contribution in [3.63, 3.8) is 0 Å². The number of hydrogen-bond acceptors (Lipinski definition) is 1. The minimum absolute atomic E-state index is 1.12. The lowest BCUT2D eigenvalue weighted by Gasteiger charge is -1.92. The molecule has 1 aromatic carbocycles. The van der Waals surface area contributed by atoms with Gasteiger partial charge in [0.2, 0.25) is 0 Å². The van der Waals surface area contributed by atoms with E-state index in [-0.39, 0.29) is 0 Å². The van der Waals surface area contributed by atoms with Crippen LogP contribution in [0.25, 0.3) is 12.2 Å². The highest BCUT2D eigenvalue weighted by Crippen LogP contribution is 2.20. The van der Waals surface area contributed by atoms with E-state index in [1.54, 1.807) is 0 Å². The maximum atomic E-state index is 3.43. The molecule has 0 radical (unpaired) electrons. The van der Waals surface area contributed by atoms with Gasteiger partial charge in [0, 0.05) is 14.2 Å². The molecule has 0 amide bonds. The fourth-order valence-corrected chi connectivity index (χ4v) is 2.55. The van der Waals surface area contributed by atoms with Crippen LogP contribution in [0.4, 0.5) is 0 Å². The third-order valence-electron chi connectivity index (χ3n) is 2.34. The topological polar surface area (TPSA) is 0 Å². The van der Waals surface area contributed by atoms with Gasteiger partial charge in [-0.15, -0.1) is 11.3 Å². The zero-order valence-corrected chi connectivity index (χ0v) is 11.5. The fourth-order valence-electron chi connectivity index (χ4n) is 1.43. The Labute approximate surface area is 109 Å². The molecule has 0 bridgehead atoms. The van der Waals surface area contributed by atoms with Crippen molar-refractivity contribution in [3.05, 3.63) is 56.2 Å². The summed E-state index contributed by atoms with van der Waals surface area (Å²) in [5.41, 5.74) is 1.23. The highest BCUT2D eigenvalue weighted by atomic mass is 79.9. The number of benzene rings is 1. The van der Waals surface area contributed by atoms with E-state index in [1.165, 1.54) is 15.3 Å². The van der Waals surface area contributed by atoms with Crippen LogP contribution in [-0.2, 0) is 6.42 Å². The second-order valence-electron chi connectivity index (χ2n) is 3.54. The van der Waals surface area contributed by atoms with Gasteiger partial charge >= 0.3 is 0 Å². The van der Waals surface area contributed by atoms with Crippen LogP contribution in [0.2, 0.25) is 0 Å². The highest BCUT2D eigenvalue weighted by Gasteiger charge is 1.94. The minimum Gasteiger partial charge on any atom is -0.141 e. The number of hydrogen-bond donors (Lipinski definition) is 0. The Bertz CT molecular complexity index is 480. The molecule has 1 aromatic heterocycles. The smallest absolute Gasteiger partial charge is 0.0273 e. The van der Waals surface area contributed by atoms with E-state index >= 15 is 0 Å². The molecule has 16 heavy (non-hydrogen) atoms. The Morgan fingerprint density at radius 2 is 1.81 bits per heavy atom. The van der Waals surface area contributed by atoms with E-state index in [4.69, 9.17) is 0 Å². The summed E-state index contributed by atoms with van der Waals surface area (Å²) < 4.78 is 1.12. The predicted molar refractivity (Wildman–Crippen MR) is 76.8 cm³/mol. The molecule has 0 spiro atoms. The molecule has 0 nitrogen and oxygen atoms in total. The predicted octanol–water partition coefficient (Wildman–Crippen LogP) is 5.24. The van der Waals surface area contributed by atoms with Crippen molar-refractivity contribution in [3.8, 4) is 0 Å². The number of aryl methyl sites for hydroxylation is 1. The lowest BCUT2D eigenvalue weighted by atomic mass is 10.2. The first-order chi connectivity index (χ1) is 7.78.